The second-order valence-electron chi connectivity index (χ2n) is 6.17. The predicted octanol–water partition coefficient (Wildman–Crippen LogP) is 5.24. The summed E-state index contributed by atoms with van der Waals surface area (Å²) in [4.78, 5) is 12.2. The zero-order chi connectivity index (χ0) is 20.2. The number of nitrogens with one attached hydrogen (secondary N) is 1. The lowest BCUT2D eigenvalue weighted by Gasteiger charge is -2.28. The molecule has 0 aliphatic carbocycles. The van der Waals surface area contributed by atoms with E-state index < -0.39 is 29.0 Å². The molecule has 148 valence electrons. The minimum Gasteiger partial charge on any atom is -0.453 e. The molecule has 1 aliphatic rings. The monoisotopic (exact) mass is 411 g/mol. The lowest BCUT2D eigenvalue weighted by atomic mass is 10.0. The summed E-state index contributed by atoms with van der Waals surface area (Å²) in [6.45, 7) is 0.160. The molecule has 0 saturated carbocycles. The molecule has 8 heteroatoms. The zero-order valence-corrected chi connectivity index (χ0v) is 15.4. The standard InChI is InChI=1S/C20H17ClF3NO3/c21-15-8-6-14(7-9-15)19(27-12-13-28-19)10-3-11-25-18(26)16-4-1-2-5-17(16)20(22,23)24/h1-2,4-9,12-13H,3,10-11H2,(H,25,26). The molecule has 0 fully saturated rings. The molecular formula is C20H17ClF3NO3. The van der Waals surface area contributed by atoms with Crippen molar-refractivity contribution in [1.82, 2.24) is 5.32 Å². The van der Waals surface area contributed by atoms with Crippen molar-refractivity contribution in [2.24, 2.45) is 0 Å². The molecule has 4 nitrogen and oxygen atoms in total. The van der Waals surface area contributed by atoms with Crippen molar-refractivity contribution in [2.75, 3.05) is 6.54 Å². The number of benzene rings is 2. The van der Waals surface area contributed by atoms with Crippen LogP contribution >= 0.6 is 11.6 Å². The summed E-state index contributed by atoms with van der Waals surface area (Å²) >= 11 is 5.90. The van der Waals surface area contributed by atoms with Gasteiger partial charge in [-0.3, -0.25) is 4.79 Å². The van der Waals surface area contributed by atoms with E-state index in [1.54, 1.807) is 24.3 Å². The molecule has 2 aromatic carbocycles. The quantitative estimate of drug-likeness (QED) is 0.661. The number of carbonyl (C=O) groups is 1. The van der Waals surface area contributed by atoms with Crippen molar-refractivity contribution in [3.05, 3.63) is 82.8 Å². The van der Waals surface area contributed by atoms with Crippen LogP contribution in [0.25, 0.3) is 0 Å². The number of rotatable bonds is 6. The van der Waals surface area contributed by atoms with E-state index in [0.717, 1.165) is 17.7 Å². The van der Waals surface area contributed by atoms with Crippen molar-refractivity contribution in [3.8, 4) is 0 Å². The molecule has 1 N–H and O–H groups in total. The highest BCUT2D eigenvalue weighted by molar-refractivity contribution is 6.30. The lowest BCUT2D eigenvalue weighted by molar-refractivity contribution is -0.155. The summed E-state index contributed by atoms with van der Waals surface area (Å²) < 4.78 is 50.3. The van der Waals surface area contributed by atoms with Crippen LogP contribution in [0.5, 0.6) is 0 Å². The van der Waals surface area contributed by atoms with Crippen LogP contribution in [0.1, 0.15) is 34.3 Å². The van der Waals surface area contributed by atoms with E-state index in [-0.39, 0.29) is 6.54 Å². The summed E-state index contributed by atoms with van der Waals surface area (Å²) in [7, 11) is 0. The lowest BCUT2D eigenvalue weighted by Crippen LogP contribution is -2.31. The average molecular weight is 412 g/mol. The van der Waals surface area contributed by atoms with E-state index in [0.29, 0.717) is 17.9 Å². The third-order valence-electron chi connectivity index (χ3n) is 4.30. The second-order valence-corrected chi connectivity index (χ2v) is 6.61. The fraction of sp³-hybridized carbons (Fsp3) is 0.250. The number of alkyl halides is 3. The van der Waals surface area contributed by atoms with Crippen molar-refractivity contribution >= 4 is 17.5 Å². The van der Waals surface area contributed by atoms with Gasteiger partial charge in [0.1, 0.15) is 12.5 Å². The molecule has 0 radical (unpaired) electrons. The van der Waals surface area contributed by atoms with Gasteiger partial charge in [-0.2, -0.15) is 13.2 Å². The Morgan fingerprint density at radius 3 is 2.32 bits per heavy atom. The van der Waals surface area contributed by atoms with Crippen LogP contribution < -0.4 is 5.32 Å². The first-order valence-electron chi connectivity index (χ1n) is 8.53. The van der Waals surface area contributed by atoms with Gasteiger partial charge in [0.25, 0.3) is 11.7 Å². The molecule has 1 aliphatic heterocycles. The van der Waals surface area contributed by atoms with Crippen LogP contribution in [0.3, 0.4) is 0 Å². The van der Waals surface area contributed by atoms with E-state index in [1.165, 1.54) is 24.7 Å². The first kappa shape index (κ1) is 20.1. The molecule has 0 bridgehead atoms. The Morgan fingerprint density at radius 1 is 1.04 bits per heavy atom. The SMILES string of the molecule is O=C(NCCCC1(c2ccc(Cl)cc2)OC=CO1)c1ccccc1C(F)(F)F. The van der Waals surface area contributed by atoms with Gasteiger partial charge in [-0.25, -0.2) is 0 Å². The normalized spacial score (nSPS) is 15.0. The number of hydrogen-bond donors (Lipinski definition) is 1. The highest BCUT2D eigenvalue weighted by Gasteiger charge is 2.38. The van der Waals surface area contributed by atoms with Gasteiger partial charge in [0, 0.05) is 23.6 Å². The molecule has 28 heavy (non-hydrogen) atoms. The van der Waals surface area contributed by atoms with Crippen molar-refractivity contribution in [3.63, 3.8) is 0 Å². The van der Waals surface area contributed by atoms with Crippen LogP contribution in [0.4, 0.5) is 13.2 Å². The van der Waals surface area contributed by atoms with Crippen molar-refractivity contribution in [1.29, 1.82) is 0 Å². The topological polar surface area (TPSA) is 47.6 Å². The highest BCUT2D eigenvalue weighted by atomic mass is 35.5. The van der Waals surface area contributed by atoms with Gasteiger partial charge < -0.3 is 14.8 Å². The van der Waals surface area contributed by atoms with E-state index in [1.807, 2.05) is 0 Å². The molecule has 0 unspecified atom stereocenters. The molecule has 1 heterocycles. The summed E-state index contributed by atoms with van der Waals surface area (Å²) in [5.74, 6) is -1.82. The Labute approximate surface area is 164 Å². The maximum atomic E-state index is 13.0. The fourth-order valence-corrected chi connectivity index (χ4v) is 3.08. The van der Waals surface area contributed by atoms with E-state index >= 15 is 0 Å². The minimum atomic E-state index is -4.59. The van der Waals surface area contributed by atoms with Gasteiger partial charge in [-0.15, -0.1) is 0 Å². The Bertz CT molecular complexity index is 858. The van der Waals surface area contributed by atoms with E-state index in [2.05, 4.69) is 5.32 Å². The van der Waals surface area contributed by atoms with E-state index in [9.17, 15) is 18.0 Å². The molecular weight excluding hydrogens is 395 g/mol. The van der Waals surface area contributed by atoms with Crippen molar-refractivity contribution < 1.29 is 27.4 Å². The second kappa shape index (κ2) is 8.14. The molecule has 0 saturated heterocycles. The van der Waals surface area contributed by atoms with Gasteiger partial charge >= 0.3 is 6.18 Å². The third-order valence-corrected chi connectivity index (χ3v) is 4.55. The average Bonchev–Trinajstić information content (AvgIpc) is 3.15. The largest absolute Gasteiger partial charge is 0.453 e. The van der Waals surface area contributed by atoms with Gasteiger partial charge in [0.15, 0.2) is 0 Å². The highest BCUT2D eigenvalue weighted by Crippen LogP contribution is 2.37. The zero-order valence-electron chi connectivity index (χ0n) is 14.6. The minimum absolute atomic E-state index is 0.160. The van der Waals surface area contributed by atoms with Gasteiger partial charge in [0.2, 0.25) is 0 Å². The molecule has 1 amide bonds. The van der Waals surface area contributed by atoms with Gasteiger partial charge in [-0.1, -0.05) is 23.7 Å². The first-order chi connectivity index (χ1) is 13.3. The third kappa shape index (κ3) is 4.42. The smallest absolute Gasteiger partial charge is 0.417 e. The summed E-state index contributed by atoms with van der Waals surface area (Å²) in [6.07, 6.45) is -0.948. The van der Waals surface area contributed by atoms with Crippen LogP contribution in [0.2, 0.25) is 5.02 Å². The number of carbonyl (C=O) groups excluding carboxylic acids is 1. The van der Waals surface area contributed by atoms with Gasteiger partial charge in [0.05, 0.1) is 11.1 Å². The summed E-state index contributed by atoms with van der Waals surface area (Å²) in [5, 5.41) is 3.09. The Kier molecular flexibility index (Phi) is 5.84. The Hall–Kier alpha value is -2.67. The number of amides is 1. The van der Waals surface area contributed by atoms with Crippen LogP contribution in [-0.4, -0.2) is 12.5 Å². The Balaban J connectivity index is 1.61. The number of hydrogen-bond acceptors (Lipinski definition) is 3. The summed E-state index contributed by atoms with van der Waals surface area (Å²) in [5.41, 5.74) is -0.620. The van der Waals surface area contributed by atoms with Crippen LogP contribution in [0.15, 0.2) is 61.1 Å². The number of ether oxygens (including phenoxy) is 2. The first-order valence-corrected chi connectivity index (χ1v) is 8.91. The predicted molar refractivity (Wildman–Crippen MR) is 97.5 cm³/mol. The van der Waals surface area contributed by atoms with Crippen molar-refractivity contribution in [2.45, 2.75) is 24.8 Å². The maximum Gasteiger partial charge on any atom is 0.417 e. The van der Waals surface area contributed by atoms with Crippen LogP contribution in [0, 0.1) is 0 Å². The van der Waals surface area contributed by atoms with Gasteiger partial charge in [-0.05, 0) is 42.8 Å². The molecule has 0 aromatic heterocycles. The summed E-state index contributed by atoms with van der Waals surface area (Å²) in [6, 6.07) is 11.6. The maximum absolute atomic E-state index is 13.0. The molecule has 3 rings (SSSR count). The van der Waals surface area contributed by atoms with Crippen LogP contribution in [-0.2, 0) is 21.4 Å². The molecule has 0 spiro atoms. The molecule has 0 atom stereocenters. The molecule has 2 aromatic rings. The number of halogens is 4. The van der Waals surface area contributed by atoms with E-state index in [4.69, 9.17) is 21.1 Å². The fourth-order valence-electron chi connectivity index (χ4n) is 2.95. The Morgan fingerprint density at radius 2 is 1.68 bits per heavy atom.